The third-order valence-corrected chi connectivity index (χ3v) is 3.65. The highest BCUT2D eigenvalue weighted by molar-refractivity contribution is 5.55. The van der Waals surface area contributed by atoms with E-state index in [1.54, 1.807) is 0 Å². The highest BCUT2D eigenvalue weighted by Gasteiger charge is 2.14. The van der Waals surface area contributed by atoms with E-state index < -0.39 is 0 Å². The van der Waals surface area contributed by atoms with E-state index in [9.17, 15) is 0 Å². The van der Waals surface area contributed by atoms with E-state index in [4.69, 9.17) is 5.73 Å². The summed E-state index contributed by atoms with van der Waals surface area (Å²) in [4.78, 5) is 4.20. The number of nitrogens with two attached hydrogens (primary N) is 1. The average molecular weight is 275 g/mol. The lowest BCUT2D eigenvalue weighted by Crippen LogP contribution is -2.28. The highest BCUT2D eigenvalue weighted by Crippen LogP contribution is 2.21. The van der Waals surface area contributed by atoms with E-state index in [2.05, 4.69) is 36.8 Å². The lowest BCUT2D eigenvalue weighted by molar-refractivity contribution is 0.505. The van der Waals surface area contributed by atoms with E-state index in [0.717, 1.165) is 17.0 Å². The van der Waals surface area contributed by atoms with Crippen LogP contribution in [-0.4, -0.2) is 12.4 Å². The molecule has 20 heavy (non-hydrogen) atoms. The topological polar surface area (TPSA) is 50.4 Å². The van der Waals surface area contributed by atoms with Gasteiger partial charge in [0.2, 0.25) is 0 Å². The zero-order chi connectivity index (χ0) is 15.0. The Kier molecular flexibility index (Phi) is 7.13. The summed E-state index contributed by atoms with van der Waals surface area (Å²) in [6.45, 7) is 10.3. The minimum Gasteiger partial charge on any atom is -0.390 e. The van der Waals surface area contributed by atoms with Crippen LogP contribution in [0.5, 0.6) is 0 Å². The van der Waals surface area contributed by atoms with Crippen molar-refractivity contribution >= 4 is 6.34 Å². The van der Waals surface area contributed by atoms with Crippen LogP contribution in [0.1, 0.15) is 59.3 Å². The quantitative estimate of drug-likeness (QED) is 0.344. The molecule has 0 aliphatic heterocycles. The molecule has 1 aliphatic carbocycles. The lowest BCUT2D eigenvalue weighted by Gasteiger charge is -2.21. The van der Waals surface area contributed by atoms with Gasteiger partial charge in [-0.3, -0.25) is 0 Å². The summed E-state index contributed by atoms with van der Waals surface area (Å²) in [6.07, 6.45) is 11.3. The van der Waals surface area contributed by atoms with Gasteiger partial charge in [0.25, 0.3) is 0 Å². The second-order valence-corrected chi connectivity index (χ2v) is 5.81. The number of hydrogen-bond acceptors (Lipinski definition) is 2. The van der Waals surface area contributed by atoms with E-state index >= 15 is 0 Å². The van der Waals surface area contributed by atoms with Crippen LogP contribution in [0.15, 0.2) is 40.2 Å². The SMILES string of the molecule is C=C(NC1CCCCCC1)/C(C=C(C)C)=C(/C)N=CN. The molecule has 0 saturated heterocycles. The number of rotatable bonds is 5. The molecular formula is C17H29N3. The maximum atomic E-state index is 5.41. The molecule has 0 heterocycles. The molecule has 0 unspecified atom stereocenters. The van der Waals surface area contributed by atoms with E-state index in [0.29, 0.717) is 6.04 Å². The van der Waals surface area contributed by atoms with Gasteiger partial charge in [-0.2, -0.15) is 0 Å². The first-order chi connectivity index (χ1) is 9.54. The molecule has 1 aliphatic rings. The molecule has 1 saturated carbocycles. The molecule has 112 valence electrons. The molecule has 0 aromatic rings. The van der Waals surface area contributed by atoms with Crippen molar-refractivity contribution in [1.29, 1.82) is 0 Å². The van der Waals surface area contributed by atoms with Crippen LogP contribution in [0.25, 0.3) is 0 Å². The summed E-state index contributed by atoms with van der Waals surface area (Å²) in [7, 11) is 0. The zero-order valence-corrected chi connectivity index (χ0v) is 13.2. The third-order valence-electron chi connectivity index (χ3n) is 3.65. The van der Waals surface area contributed by atoms with Gasteiger partial charge in [-0.15, -0.1) is 0 Å². The molecule has 0 spiro atoms. The molecular weight excluding hydrogens is 246 g/mol. The predicted octanol–water partition coefficient (Wildman–Crippen LogP) is 4.04. The Balaban J connectivity index is 2.83. The van der Waals surface area contributed by atoms with Crippen LogP contribution in [0, 0.1) is 0 Å². The van der Waals surface area contributed by atoms with Gasteiger partial charge in [-0.1, -0.05) is 43.9 Å². The minimum absolute atomic E-state index is 0.542. The van der Waals surface area contributed by atoms with Crippen molar-refractivity contribution in [2.75, 3.05) is 0 Å². The molecule has 1 rings (SSSR count). The fraction of sp³-hybridized carbons (Fsp3) is 0.588. The first-order valence-electron chi connectivity index (χ1n) is 7.60. The maximum absolute atomic E-state index is 5.41. The van der Waals surface area contributed by atoms with Crippen molar-refractivity contribution in [1.82, 2.24) is 5.32 Å². The van der Waals surface area contributed by atoms with Gasteiger partial charge in [-0.05, 0) is 33.6 Å². The van der Waals surface area contributed by atoms with Crippen LogP contribution >= 0.6 is 0 Å². The Labute approximate surface area is 123 Å². The van der Waals surface area contributed by atoms with Crippen LogP contribution in [0.2, 0.25) is 0 Å². The maximum Gasteiger partial charge on any atom is 0.0856 e. The summed E-state index contributed by atoms with van der Waals surface area (Å²) in [5, 5.41) is 3.59. The highest BCUT2D eigenvalue weighted by atomic mass is 14.9. The standard InChI is InChI=1S/C17H29N3/c1-13(2)11-17(14(3)19-12-18)15(4)20-16-9-7-5-6-8-10-16/h11-12,16,20H,4-10H2,1-3H3,(H2,18,19)/b17-14-. The molecule has 3 N–H and O–H groups in total. The van der Waals surface area contributed by atoms with Crippen LogP contribution < -0.4 is 11.1 Å². The van der Waals surface area contributed by atoms with E-state index in [1.807, 2.05) is 6.92 Å². The molecule has 0 amide bonds. The Morgan fingerprint density at radius 3 is 2.25 bits per heavy atom. The van der Waals surface area contributed by atoms with Gasteiger partial charge in [0.05, 0.1) is 6.34 Å². The van der Waals surface area contributed by atoms with Gasteiger partial charge < -0.3 is 11.1 Å². The van der Waals surface area contributed by atoms with Gasteiger partial charge in [0.1, 0.15) is 0 Å². The van der Waals surface area contributed by atoms with Crippen molar-refractivity contribution < 1.29 is 0 Å². The largest absolute Gasteiger partial charge is 0.390 e. The van der Waals surface area contributed by atoms with Crippen molar-refractivity contribution in [2.24, 2.45) is 10.7 Å². The molecule has 0 atom stereocenters. The molecule has 3 nitrogen and oxygen atoms in total. The normalized spacial score (nSPS) is 18.4. The fourth-order valence-electron chi connectivity index (χ4n) is 2.63. The zero-order valence-electron chi connectivity index (χ0n) is 13.2. The summed E-state index contributed by atoms with van der Waals surface area (Å²) < 4.78 is 0. The van der Waals surface area contributed by atoms with Gasteiger partial charge in [0, 0.05) is 23.0 Å². The second kappa shape index (κ2) is 8.62. The van der Waals surface area contributed by atoms with Gasteiger partial charge >= 0.3 is 0 Å². The molecule has 3 heteroatoms. The molecule has 1 fully saturated rings. The smallest absolute Gasteiger partial charge is 0.0856 e. The average Bonchev–Trinajstić information content (AvgIpc) is 2.64. The van der Waals surface area contributed by atoms with Crippen molar-refractivity contribution in [3.63, 3.8) is 0 Å². The van der Waals surface area contributed by atoms with Gasteiger partial charge in [-0.25, -0.2) is 4.99 Å². The van der Waals surface area contributed by atoms with Gasteiger partial charge in [0.15, 0.2) is 0 Å². The molecule has 0 bridgehead atoms. The van der Waals surface area contributed by atoms with Crippen LogP contribution in [0.4, 0.5) is 0 Å². The number of nitrogens with zero attached hydrogens (tertiary/aromatic N) is 1. The monoisotopic (exact) mass is 275 g/mol. The summed E-state index contributed by atoms with van der Waals surface area (Å²) in [5.41, 5.74) is 9.55. The number of hydrogen-bond donors (Lipinski definition) is 2. The number of allylic oxidation sites excluding steroid dienone is 3. The number of nitrogens with one attached hydrogen (secondary N) is 1. The van der Waals surface area contributed by atoms with Crippen LogP contribution in [-0.2, 0) is 0 Å². The fourth-order valence-corrected chi connectivity index (χ4v) is 2.63. The van der Waals surface area contributed by atoms with Crippen LogP contribution in [0.3, 0.4) is 0 Å². The molecule has 0 aromatic heterocycles. The van der Waals surface area contributed by atoms with E-state index in [-0.39, 0.29) is 0 Å². The third kappa shape index (κ3) is 5.64. The van der Waals surface area contributed by atoms with Crippen molar-refractivity contribution in [3.8, 4) is 0 Å². The predicted molar refractivity (Wildman–Crippen MR) is 88.6 cm³/mol. The second-order valence-electron chi connectivity index (χ2n) is 5.81. The van der Waals surface area contributed by atoms with Crippen molar-refractivity contribution in [3.05, 3.63) is 35.2 Å². The Morgan fingerprint density at radius 1 is 1.15 bits per heavy atom. The molecule has 0 radical (unpaired) electrons. The lowest BCUT2D eigenvalue weighted by atomic mass is 10.0. The van der Waals surface area contributed by atoms with Crippen molar-refractivity contribution in [2.45, 2.75) is 65.3 Å². The Hall–Kier alpha value is -1.51. The van der Waals surface area contributed by atoms with E-state index in [1.165, 1.54) is 50.4 Å². The number of aliphatic imine (C=N–C) groups is 1. The Bertz CT molecular complexity index is 404. The minimum atomic E-state index is 0.542. The summed E-state index contributed by atoms with van der Waals surface area (Å²) >= 11 is 0. The summed E-state index contributed by atoms with van der Waals surface area (Å²) in [6, 6.07) is 0.542. The molecule has 0 aromatic carbocycles. The Morgan fingerprint density at radius 2 is 1.75 bits per heavy atom. The first-order valence-corrected chi connectivity index (χ1v) is 7.60. The summed E-state index contributed by atoms with van der Waals surface area (Å²) in [5.74, 6) is 0. The first kappa shape index (κ1) is 16.5.